The maximum absolute atomic E-state index is 11.2. The Labute approximate surface area is 106 Å². The highest BCUT2D eigenvalue weighted by Gasteiger charge is 2.36. The second kappa shape index (κ2) is 5.40. The van der Waals surface area contributed by atoms with Crippen molar-refractivity contribution in [1.82, 2.24) is 4.90 Å². The van der Waals surface area contributed by atoms with Gasteiger partial charge in [0.05, 0.1) is 13.1 Å². The molecular weight excluding hydrogens is 238 g/mol. The van der Waals surface area contributed by atoms with Gasteiger partial charge < -0.3 is 4.74 Å². The molecule has 0 bridgehead atoms. The maximum atomic E-state index is 11.2. The van der Waals surface area contributed by atoms with E-state index in [0.29, 0.717) is 0 Å². The van der Waals surface area contributed by atoms with Gasteiger partial charge in [-0.3, -0.25) is 14.5 Å². The average Bonchev–Trinajstić information content (AvgIpc) is 2.29. The van der Waals surface area contributed by atoms with Gasteiger partial charge in [0.2, 0.25) is 0 Å². The Hall–Kier alpha value is -0.550. The number of thioether (sulfide) groups is 1. The third-order valence-electron chi connectivity index (χ3n) is 3.64. The van der Waals surface area contributed by atoms with Crippen molar-refractivity contribution >= 4 is 23.7 Å². The van der Waals surface area contributed by atoms with Crippen molar-refractivity contribution in [2.45, 2.75) is 36.9 Å². The molecule has 0 aromatic rings. The van der Waals surface area contributed by atoms with Crippen molar-refractivity contribution in [3.8, 4) is 0 Å². The number of ether oxygens (including phenoxy) is 1. The fourth-order valence-electron chi connectivity index (χ4n) is 2.75. The molecule has 0 aromatic carbocycles. The second-order valence-corrected chi connectivity index (χ2v) is 6.21. The summed E-state index contributed by atoms with van der Waals surface area (Å²) in [7, 11) is 0. The lowest BCUT2D eigenvalue weighted by Gasteiger charge is -2.40. The van der Waals surface area contributed by atoms with Crippen LogP contribution in [0.5, 0.6) is 0 Å². The zero-order chi connectivity index (χ0) is 12.3. The molecule has 2 fully saturated rings. The number of esters is 2. The van der Waals surface area contributed by atoms with E-state index < -0.39 is 11.9 Å². The SMILES string of the molecule is CSC1(CN2CC(=O)OC(=O)C2)CCCCC1. The first-order valence-corrected chi connectivity index (χ1v) is 7.37. The number of carbonyl (C=O) groups excluding carboxylic acids is 2. The normalized spacial score (nSPS) is 25.7. The lowest BCUT2D eigenvalue weighted by atomic mass is 9.87. The van der Waals surface area contributed by atoms with Gasteiger partial charge in [0.15, 0.2) is 0 Å². The minimum atomic E-state index is -0.409. The van der Waals surface area contributed by atoms with Crippen LogP contribution in [0.15, 0.2) is 0 Å². The molecule has 0 spiro atoms. The van der Waals surface area contributed by atoms with Crippen LogP contribution in [0.4, 0.5) is 0 Å². The van der Waals surface area contributed by atoms with E-state index in [2.05, 4.69) is 11.0 Å². The maximum Gasteiger partial charge on any atom is 0.327 e. The van der Waals surface area contributed by atoms with Gasteiger partial charge in [-0.05, 0) is 19.1 Å². The molecule has 0 unspecified atom stereocenters. The van der Waals surface area contributed by atoms with E-state index >= 15 is 0 Å². The van der Waals surface area contributed by atoms with Crippen molar-refractivity contribution in [3.63, 3.8) is 0 Å². The van der Waals surface area contributed by atoms with Gasteiger partial charge in [-0.25, -0.2) is 0 Å². The Balaban J connectivity index is 1.97. The molecule has 0 atom stereocenters. The van der Waals surface area contributed by atoms with Crippen molar-refractivity contribution in [1.29, 1.82) is 0 Å². The second-order valence-electron chi connectivity index (χ2n) is 4.94. The molecule has 17 heavy (non-hydrogen) atoms. The van der Waals surface area contributed by atoms with Crippen molar-refractivity contribution < 1.29 is 14.3 Å². The van der Waals surface area contributed by atoms with Crippen molar-refractivity contribution in [2.24, 2.45) is 0 Å². The number of nitrogens with zero attached hydrogens (tertiary/aromatic N) is 1. The number of hydrogen-bond acceptors (Lipinski definition) is 5. The minimum absolute atomic E-state index is 0.232. The first kappa shape index (κ1) is 12.9. The van der Waals surface area contributed by atoms with Gasteiger partial charge in [-0.2, -0.15) is 11.8 Å². The lowest BCUT2D eigenvalue weighted by molar-refractivity contribution is -0.166. The van der Waals surface area contributed by atoms with E-state index in [1.54, 1.807) is 0 Å². The summed E-state index contributed by atoms with van der Waals surface area (Å²) >= 11 is 1.88. The van der Waals surface area contributed by atoms with Crippen LogP contribution in [0.25, 0.3) is 0 Å². The third-order valence-corrected chi connectivity index (χ3v) is 5.05. The number of morpholine rings is 1. The Kier molecular flexibility index (Phi) is 4.09. The van der Waals surface area contributed by atoms with Gasteiger partial charge in [-0.1, -0.05) is 19.3 Å². The van der Waals surface area contributed by atoms with E-state index in [1.165, 1.54) is 32.1 Å². The summed E-state index contributed by atoms with van der Waals surface area (Å²) in [4.78, 5) is 24.4. The third kappa shape index (κ3) is 3.22. The van der Waals surface area contributed by atoms with Gasteiger partial charge in [-0.15, -0.1) is 0 Å². The first-order chi connectivity index (χ1) is 8.13. The number of cyclic esters (lactones) is 2. The minimum Gasteiger partial charge on any atom is -0.391 e. The van der Waals surface area contributed by atoms with E-state index in [1.807, 2.05) is 16.7 Å². The predicted octanol–water partition coefficient (Wildman–Crippen LogP) is 1.44. The highest BCUT2D eigenvalue weighted by molar-refractivity contribution is 8.00. The fraction of sp³-hybridized carbons (Fsp3) is 0.833. The largest absolute Gasteiger partial charge is 0.391 e. The molecule has 2 aliphatic rings. The van der Waals surface area contributed by atoms with Crippen LogP contribution in [-0.4, -0.2) is 47.5 Å². The molecule has 0 amide bonds. The topological polar surface area (TPSA) is 46.6 Å². The van der Waals surface area contributed by atoms with Crippen molar-refractivity contribution in [3.05, 3.63) is 0 Å². The zero-order valence-corrected chi connectivity index (χ0v) is 11.1. The Morgan fingerprint density at radius 1 is 1.18 bits per heavy atom. The number of hydrogen-bond donors (Lipinski definition) is 0. The monoisotopic (exact) mass is 257 g/mol. The van der Waals surface area contributed by atoms with Crippen LogP contribution >= 0.6 is 11.8 Å². The summed E-state index contributed by atoms with van der Waals surface area (Å²) in [6.07, 6.45) is 8.33. The van der Waals surface area contributed by atoms with Gasteiger partial charge in [0.25, 0.3) is 0 Å². The highest BCUT2D eigenvalue weighted by atomic mass is 32.2. The summed E-state index contributed by atoms with van der Waals surface area (Å²) in [6, 6.07) is 0. The van der Waals surface area contributed by atoms with E-state index in [0.717, 1.165) is 6.54 Å². The molecule has 1 saturated heterocycles. The van der Waals surface area contributed by atoms with E-state index in [4.69, 9.17) is 0 Å². The Bertz CT molecular complexity index is 297. The van der Waals surface area contributed by atoms with Gasteiger partial charge in [0.1, 0.15) is 0 Å². The van der Waals surface area contributed by atoms with E-state index in [9.17, 15) is 9.59 Å². The molecule has 4 nitrogen and oxygen atoms in total. The summed E-state index contributed by atoms with van der Waals surface area (Å²) in [5, 5.41) is 0. The van der Waals surface area contributed by atoms with Crippen LogP contribution in [0.1, 0.15) is 32.1 Å². The fourth-order valence-corrected chi connectivity index (χ4v) is 3.76. The molecular formula is C12H19NO3S. The predicted molar refractivity (Wildman–Crippen MR) is 66.9 cm³/mol. The van der Waals surface area contributed by atoms with Crippen LogP contribution in [0.3, 0.4) is 0 Å². The van der Waals surface area contributed by atoms with Crippen LogP contribution in [-0.2, 0) is 14.3 Å². The summed E-state index contributed by atoms with van der Waals surface area (Å²) in [5.41, 5.74) is 0. The van der Waals surface area contributed by atoms with E-state index in [-0.39, 0.29) is 17.8 Å². The molecule has 2 rings (SSSR count). The molecule has 5 heteroatoms. The Morgan fingerprint density at radius 2 is 1.76 bits per heavy atom. The van der Waals surface area contributed by atoms with Crippen LogP contribution in [0, 0.1) is 0 Å². The molecule has 1 heterocycles. The molecule has 1 aliphatic carbocycles. The smallest absolute Gasteiger partial charge is 0.327 e. The van der Waals surface area contributed by atoms with Crippen molar-refractivity contribution in [2.75, 3.05) is 25.9 Å². The number of carbonyl (C=O) groups is 2. The van der Waals surface area contributed by atoms with Gasteiger partial charge >= 0.3 is 11.9 Å². The molecule has 96 valence electrons. The quantitative estimate of drug-likeness (QED) is 0.565. The molecule has 0 N–H and O–H groups in total. The standard InChI is InChI=1S/C12H19NO3S/c1-17-12(5-3-2-4-6-12)9-13-7-10(14)16-11(15)8-13/h2-9H2,1H3. The molecule has 1 saturated carbocycles. The van der Waals surface area contributed by atoms with Crippen LogP contribution < -0.4 is 0 Å². The Morgan fingerprint density at radius 3 is 2.29 bits per heavy atom. The first-order valence-electron chi connectivity index (χ1n) is 6.15. The average molecular weight is 257 g/mol. The van der Waals surface area contributed by atoms with Crippen LogP contribution in [0.2, 0.25) is 0 Å². The molecule has 0 aromatic heterocycles. The lowest BCUT2D eigenvalue weighted by Crippen LogP contribution is -2.49. The summed E-state index contributed by atoms with van der Waals surface area (Å²) in [6.45, 7) is 1.34. The number of rotatable bonds is 3. The molecule has 1 aliphatic heterocycles. The van der Waals surface area contributed by atoms with Gasteiger partial charge in [0, 0.05) is 11.3 Å². The zero-order valence-electron chi connectivity index (χ0n) is 10.2. The summed E-state index contributed by atoms with van der Waals surface area (Å²) < 4.78 is 4.78. The highest BCUT2D eigenvalue weighted by Crippen LogP contribution is 2.39. The summed E-state index contributed by atoms with van der Waals surface area (Å²) in [5.74, 6) is -0.818. The molecule has 0 radical (unpaired) electrons.